The Hall–Kier alpha value is -0.640. The molecule has 0 aliphatic carbocycles. The van der Waals surface area contributed by atoms with Gasteiger partial charge >= 0.3 is 0 Å². The van der Waals surface area contributed by atoms with Gasteiger partial charge in [0.05, 0.1) is 5.25 Å². The lowest BCUT2D eigenvalue weighted by atomic mass is 10.1. The molecule has 12 heavy (non-hydrogen) atoms. The van der Waals surface area contributed by atoms with Crippen LogP contribution in [0.4, 0.5) is 5.82 Å². The summed E-state index contributed by atoms with van der Waals surface area (Å²) in [5.74, 6) is 2.67. The molecule has 4 heteroatoms. The molecule has 0 saturated carbocycles. The van der Waals surface area contributed by atoms with Gasteiger partial charge in [-0.2, -0.15) is 11.8 Å². The Bertz CT molecular complexity index is 255. The van der Waals surface area contributed by atoms with E-state index >= 15 is 0 Å². The average Bonchev–Trinajstić information content (AvgIpc) is 2.54. The van der Waals surface area contributed by atoms with Gasteiger partial charge in [-0.3, -0.25) is 0 Å². The first-order valence-electron chi connectivity index (χ1n) is 4.20. The van der Waals surface area contributed by atoms with E-state index in [-0.39, 0.29) is 0 Å². The molecule has 1 aliphatic heterocycles. The third-order valence-electron chi connectivity index (χ3n) is 2.04. The molecule has 66 valence electrons. The zero-order chi connectivity index (χ0) is 8.39. The lowest BCUT2D eigenvalue weighted by Crippen LogP contribution is -2.00. The molecule has 0 bridgehead atoms. The number of rotatable bonds is 1. The van der Waals surface area contributed by atoms with Crippen LogP contribution in [0, 0.1) is 0 Å². The lowest BCUT2D eigenvalue weighted by Gasteiger charge is -2.17. The molecular formula is C8H12N2OS. The van der Waals surface area contributed by atoms with Crippen molar-refractivity contribution in [2.45, 2.75) is 24.5 Å². The molecule has 2 heterocycles. The van der Waals surface area contributed by atoms with E-state index in [0.29, 0.717) is 11.1 Å². The number of nitrogens with zero attached hydrogens (tertiary/aromatic N) is 1. The van der Waals surface area contributed by atoms with Gasteiger partial charge in [0.25, 0.3) is 0 Å². The summed E-state index contributed by atoms with van der Waals surface area (Å²) in [4.78, 5) is 0. The molecule has 1 atom stereocenters. The molecule has 1 fully saturated rings. The Morgan fingerprint density at radius 1 is 1.58 bits per heavy atom. The predicted molar refractivity (Wildman–Crippen MR) is 50.0 cm³/mol. The summed E-state index contributed by atoms with van der Waals surface area (Å²) >= 11 is 1.94. The summed E-state index contributed by atoms with van der Waals surface area (Å²) in [7, 11) is 0. The molecule has 3 nitrogen and oxygen atoms in total. The van der Waals surface area contributed by atoms with Gasteiger partial charge in [-0.1, -0.05) is 11.6 Å². The summed E-state index contributed by atoms with van der Waals surface area (Å²) in [6, 6.07) is 1.84. The third-order valence-corrected chi connectivity index (χ3v) is 3.44. The van der Waals surface area contributed by atoms with E-state index in [1.807, 2.05) is 17.8 Å². The van der Waals surface area contributed by atoms with E-state index in [1.165, 1.54) is 25.0 Å². The molecule has 2 N–H and O–H groups in total. The van der Waals surface area contributed by atoms with Crippen molar-refractivity contribution in [1.82, 2.24) is 5.16 Å². The van der Waals surface area contributed by atoms with Crippen LogP contribution in [0.1, 0.15) is 30.3 Å². The number of nitrogen functional groups attached to an aromatic ring is 1. The molecule has 1 unspecified atom stereocenters. The highest BCUT2D eigenvalue weighted by Crippen LogP contribution is 2.38. The lowest BCUT2D eigenvalue weighted by molar-refractivity contribution is 0.378. The minimum Gasteiger partial charge on any atom is -0.381 e. The molecule has 2 rings (SSSR count). The fraction of sp³-hybridized carbons (Fsp3) is 0.625. The largest absolute Gasteiger partial charge is 0.381 e. The number of aromatic nitrogens is 1. The van der Waals surface area contributed by atoms with Crippen LogP contribution in [0.15, 0.2) is 10.6 Å². The number of nitrogens with two attached hydrogens (primary N) is 1. The molecule has 0 radical (unpaired) electrons. The van der Waals surface area contributed by atoms with Crippen LogP contribution in [0.25, 0.3) is 0 Å². The number of hydrogen-bond donors (Lipinski definition) is 1. The van der Waals surface area contributed by atoms with Crippen molar-refractivity contribution in [2.75, 3.05) is 11.5 Å². The number of anilines is 1. The van der Waals surface area contributed by atoms with Gasteiger partial charge < -0.3 is 10.3 Å². The zero-order valence-electron chi connectivity index (χ0n) is 6.82. The Balaban J connectivity index is 2.08. The van der Waals surface area contributed by atoms with Crippen LogP contribution in [0.2, 0.25) is 0 Å². The van der Waals surface area contributed by atoms with Gasteiger partial charge in [-0.05, 0) is 18.6 Å². The van der Waals surface area contributed by atoms with E-state index in [4.69, 9.17) is 10.3 Å². The van der Waals surface area contributed by atoms with Crippen molar-refractivity contribution in [3.05, 3.63) is 11.8 Å². The van der Waals surface area contributed by atoms with E-state index < -0.39 is 0 Å². The molecule has 0 spiro atoms. The maximum atomic E-state index is 5.47. The standard InChI is InChI=1S/C8H12N2OS/c9-8-5-6(11-10-8)7-3-1-2-4-12-7/h5,7H,1-4H2,(H2,9,10). The molecular weight excluding hydrogens is 172 g/mol. The highest BCUT2D eigenvalue weighted by molar-refractivity contribution is 7.99. The zero-order valence-corrected chi connectivity index (χ0v) is 7.64. The molecule has 1 aromatic heterocycles. The van der Waals surface area contributed by atoms with Gasteiger partial charge in [0.1, 0.15) is 0 Å². The smallest absolute Gasteiger partial charge is 0.167 e. The first-order valence-corrected chi connectivity index (χ1v) is 5.25. The first-order chi connectivity index (χ1) is 5.86. The summed E-state index contributed by atoms with van der Waals surface area (Å²) in [5.41, 5.74) is 5.47. The summed E-state index contributed by atoms with van der Waals surface area (Å²) in [6.07, 6.45) is 3.81. The Kier molecular flexibility index (Phi) is 2.26. The van der Waals surface area contributed by atoms with Gasteiger partial charge in [0.2, 0.25) is 0 Å². The van der Waals surface area contributed by atoms with E-state index in [0.717, 1.165) is 5.76 Å². The normalized spacial score (nSPS) is 24.2. The summed E-state index contributed by atoms with van der Waals surface area (Å²) in [5, 5.41) is 4.17. The molecule has 0 amide bonds. The minimum atomic E-state index is 0.489. The molecule has 1 aromatic rings. The first kappa shape index (κ1) is 7.98. The maximum absolute atomic E-state index is 5.47. The maximum Gasteiger partial charge on any atom is 0.167 e. The quantitative estimate of drug-likeness (QED) is 0.727. The summed E-state index contributed by atoms with van der Waals surface area (Å²) < 4.78 is 5.11. The third kappa shape index (κ3) is 1.58. The molecule has 1 aliphatic rings. The number of hydrogen-bond acceptors (Lipinski definition) is 4. The fourth-order valence-electron chi connectivity index (χ4n) is 1.42. The van der Waals surface area contributed by atoms with Crippen molar-refractivity contribution >= 4 is 17.6 Å². The van der Waals surface area contributed by atoms with Crippen molar-refractivity contribution in [3.63, 3.8) is 0 Å². The van der Waals surface area contributed by atoms with E-state index in [9.17, 15) is 0 Å². The van der Waals surface area contributed by atoms with Gasteiger partial charge in [0, 0.05) is 6.07 Å². The van der Waals surface area contributed by atoms with Crippen LogP contribution in [0.5, 0.6) is 0 Å². The van der Waals surface area contributed by atoms with Crippen molar-refractivity contribution in [1.29, 1.82) is 0 Å². The van der Waals surface area contributed by atoms with Crippen LogP contribution < -0.4 is 5.73 Å². The second-order valence-electron chi connectivity index (χ2n) is 3.01. The van der Waals surface area contributed by atoms with Crippen LogP contribution in [-0.4, -0.2) is 10.9 Å². The summed E-state index contributed by atoms with van der Waals surface area (Å²) in [6.45, 7) is 0. The predicted octanol–water partition coefficient (Wildman–Crippen LogP) is 2.21. The second kappa shape index (κ2) is 3.39. The number of thioether (sulfide) groups is 1. The van der Waals surface area contributed by atoms with E-state index in [2.05, 4.69) is 5.16 Å². The van der Waals surface area contributed by atoms with Crippen LogP contribution >= 0.6 is 11.8 Å². The van der Waals surface area contributed by atoms with Gasteiger partial charge in [-0.25, -0.2) is 0 Å². The highest BCUT2D eigenvalue weighted by Gasteiger charge is 2.19. The monoisotopic (exact) mass is 184 g/mol. The van der Waals surface area contributed by atoms with Crippen LogP contribution in [-0.2, 0) is 0 Å². The van der Waals surface area contributed by atoms with Crippen LogP contribution in [0.3, 0.4) is 0 Å². The highest BCUT2D eigenvalue weighted by atomic mass is 32.2. The van der Waals surface area contributed by atoms with Gasteiger partial charge in [0.15, 0.2) is 11.6 Å². The Morgan fingerprint density at radius 3 is 3.08 bits per heavy atom. The van der Waals surface area contributed by atoms with Crippen molar-refractivity contribution in [2.24, 2.45) is 0 Å². The molecule has 1 saturated heterocycles. The molecule has 0 aromatic carbocycles. The van der Waals surface area contributed by atoms with E-state index in [1.54, 1.807) is 0 Å². The SMILES string of the molecule is Nc1cc(C2CCCCS2)on1. The second-order valence-corrected chi connectivity index (χ2v) is 4.32. The van der Waals surface area contributed by atoms with Crippen molar-refractivity contribution in [3.8, 4) is 0 Å². The Morgan fingerprint density at radius 2 is 2.50 bits per heavy atom. The topological polar surface area (TPSA) is 52.0 Å². The average molecular weight is 184 g/mol. The minimum absolute atomic E-state index is 0.489. The van der Waals surface area contributed by atoms with Crippen molar-refractivity contribution < 1.29 is 4.52 Å². The van der Waals surface area contributed by atoms with Gasteiger partial charge in [-0.15, -0.1) is 0 Å². The Labute approximate surface area is 75.7 Å². The fourth-order valence-corrected chi connectivity index (χ4v) is 2.68.